The molecular formula is C2H8BNO2. The molecule has 0 saturated carbocycles. The zero-order valence-corrected chi connectivity index (χ0v) is 3.68. The van der Waals surface area contributed by atoms with Gasteiger partial charge in [0, 0.05) is 0 Å². The van der Waals surface area contributed by atoms with E-state index in [1.807, 2.05) is 0 Å². The van der Waals surface area contributed by atoms with Crippen LogP contribution >= 0.6 is 0 Å². The van der Waals surface area contributed by atoms with Crippen LogP contribution in [0.4, 0.5) is 0 Å². The van der Waals surface area contributed by atoms with E-state index < -0.39 is 7.25 Å². The van der Waals surface area contributed by atoms with Crippen molar-refractivity contribution in [1.29, 1.82) is 0 Å². The number of hydrogen-bond acceptors (Lipinski definition) is 3. The summed E-state index contributed by atoms with van der Waals surface area (Å²) in [6.45, 7) is 2.37. The summed E-state index contributed by atoms with van der Waals surface area (Å²) in [7, 11) is -1.35. The molecule has 0 amide bonds. The normalized spacial score (nSPS) is 8.50. The van der Waals surface area contributed by atoms with Gasteiger partial charge in [0.25, 0.3) is 0 Å². The molecule has 0 aromatic carbocycles. The molecule has 0 unspecified atom stereocenters. The molecule has 0 heterocycles. The van der Waals surface area contributed by atoms with Crippen LogP contribution in [0.5, 0.6) is 0 Å². The molecule has 0 saturated heterocycles. The van der Waals surface area contributed by atoms with Gasteiger partial charge in [-0.2, -0.15) is 0 Å². The summed E-state index contributed by atoms with van der Waals surface area (Å²) >= 11 is 0. The Bertz CT molecular complexity index is 32.7. The van der Waals surface area contributed by atoms with Crippen molar-refractivity contribution in [1.82, 2.24) is 5.23 Å². The predicted molar refractivity (Wildman–Crippen MR) is 23.9 cm³/mol. The Kier molecular flexibility index (Phi) is 3.12. The Morgan fingerprint density at radius 3 is 2.17 bits per heavy atom. The van der Waals surface area contributed by atoms with Crippen molar-refractivity contribution < 1.29 is 10.0 Å². The van der Waals surface area contributed by atoms with E-state index in [2.05, 4.69) is 5.23 Å². The number of nitrogens with one attached hydrogen (secondary N) is 1. The van der Waals surface area contributed by atoms with E-state index >= 15 is 0 Å². The van der Waals surface area contributed by atoms with E-state index in [0.29, 0.717) is 6.54 Å². The Balaban J connectivity index is 2.63. The van der Waals surface area contributed by atoms with Crippen molar-refractivity contribution in [3.8, 4) is 0 Å². The Morgan fingerprint density at radius 1 is 1.67 bits per heavy atom. The summed E-state index contributed by atoms with van der Waals surface area (Å²) < 4.78 is 0. The molecule has 0 fully saturated rings. The summed E-state index contributed by atoms with van der Waals surface area (Å²) in [6, 6.07) is 0. The van der Waals surface area contributed by atoms with E-state index in [1.165, 1.54) is 0 Å². The van der Waals surface area contributed by atoms with Crippen LogP contribution in [0.25, 0.3) is 0 Å². The molecule has 3 nitrogen and oxygen atoms in total. The third-order valence-electron chi connectivity index (χ3n) is 0.387. The molecule has 36 valence electrons. The average molecular weight is 88.9 g/mol. The molecule has 0 rings (SSSR count). The molecule has 6 heavy (non-hydrogen) atoms. The second-order valence-corrected chi connectivity index (χ2v) is 0.931. The number of hydrogen-bond donors (Lipinski definition) is 3. The van der Waals surface area contributed by atoms with Gasteiger partial charge in [0.2, 0.25) is 0 Å². The summed E-state index contributed by atoms with van der Waals surface area (Å²) in [4.78, 5) is 0. The minimum absolute atomic E-state index is 0.581. The highest BCUT2D eigenvalue weighted by molar-refractivity contribution is 6.37. The summed E-state index contributed by atoms with van der Waals surface area (Å²) in [5.41, 5.74) is 0. The Hall–Kier alpha value is -0.0551. The average Bonchev–Trinajstić information content (AvgIpc) is 1.35. The topological polar surface area (TPSA) is 52.5 Å². The lowest BCUT2D eigenvalue weighted by molar-refractivity contribution is 0.388. The van der Waals surface area contributed by atoms with Crippen LogP contribution < -0.4 is 5.23 Å². The minimum atomic E-state index is -1.35. The lowest BCUT2D eigenvalue weighted by atomic mass is 10.1. The molecule has 0 aromatic rings. The zero-order valence-electron chi connectivity index (χ0n) is 3.68. The highest BCUT2D eigenvalue weighted by Gasteiger charge is 1.99. The summed E-state index contributed by atoms with van der Waals surface area (Å²) in [5, 5.41) is 18.3. The van der Waals surface area contributed by atoms with E-state index in [0.717, 1.165) is 0 Å². The molecule has 0 atom stereocenters. The van der Waals surface area contributed by atoms with Crippen molar-refractivity contribution in [3.05, 3.63) is 0 Å². The fourth-order valence-electron chi connectivity index (χ4n) is 0.183. The molecule has 0 bridgehead atoms. The van der Waals surface area contributed by atoms with E-state index in [1.54, 1.807) is 6.92 Å². The van der Waals surface area contributed by atoms with Gasteiger partial charge in [0.1, 0.15) is 0 Å². The summed E-state index contributed by atoms with van der Waals surface area (Å²) in [6.07, 6.45) is 0. The van der Waals surface area contributed by atoms with Crippen molar-refractivity contribution in [2.75, 3.05) is 6.54 Å². The van der Waals surface area contributed by atoms with Crippen LogP contribution in [-0.2, 0) is 0 Å². The lowest BCUT2D eigenvalue weighted by Crippen LogP contribution is -2.33. The van der Waals surface area contributed by atoms with Gasteiger partial charge in [-0.25, -0.2) is 0 Å². The van der Waals surface area contributed by atoms with Gasteiger partial charge in [-0.05, 0) is 6.54 Å². The van der Waals surface area contributed by atoms with Crippen LogP contribution in [0, 0.1) is 0 Å². The Labute approximate surface area is 37.2 Å². The smallest absolute Gasteiger partial charge is 0.413 e. The lowest BCUT2D eigenvalue weighted by Gasteiger charge is -1.92. The van der Waals surface area contributed by atoms with Crippen LogP contribution in [-0.4, -0.2) is 23.8 Å². The van der Waals surface area contributed by atoms with Crippen molar-refractivity contribution in [2.24, 2.45) is 0 Å². The van der Waals surface area contributed by atoms with E-state index in [4.69, 9.17) is 10.0 Å². The molecular weight excluding hydrogens is 80.8 g/mol. The molecule has 0 spiro atoms. The first-order chi connectivity index (χ1) is 2.77. The van der Waals surface area contributed by atoms with Crippen molar-refractivity contribution in [2.45, 2.75) is 6.92 Å². The molecule has 0 aliphatic rings. The van der Waals surface area contributed by atoms with E-state index in [-0.39, 0.29) is 0 Å². The second kappa shape index (κ2) is 3.15. The van der Waals surface area contributed by atoms with Crippen LogP contribution in [0.3, 0.4) is 0 Å². The van der Waals surface area contributed by atoms with Crippen LogP contribution in [0.15, 0.2) is 0 Å². The van der Waals surface area contributed by atoms with Gasteiger partial charge < -0.3 is 15.3 Å². The highest BCUT2D eigenvalue weighted by atomic mass is 16.4. The fraction of sp³-hybridized carbons (Fsp3) is 1.00. The second-order valence-electron chi connectivity index (χ2n) is 0.931. The van der Waals surface area contributed by atoms with Gasteiger partial charge in [-0.15, -0.1) is 0 Å². The predicted octanol–water partition coefficient (Wildman–Crippen LogP) is -1.43. The molecule has 0 aromatic heterocycles. The Morgan fingerprint density at radius 2 is 2.17 bits per heavy atom. The largest absolute Gasteiger partial charge is 0.549 e. The first-order valence-corrected chi connectivity index (χ1v) is 1.87. The molecule has 0 radical (unpaired) electrons. The minimum Gasteiger partial charge on any atom is -0.413 e. The molecule has 0 aliphatic carbocycles. The highest BCUT2D eigenvalue weighted by Crippen LogP contribution is 1.53. The number of rotatable bonds is 2. The third kappa shape index (κ3) is 3.94. The van der Waals surface area contributed by atoms with Gasteiger partial charge in [0.05, 0.1) is 0 Å². The zero-order chi connectivity index (χ0) is 4.99. The van der Waals surface area contributed by atoms with Gasteiger partial charge >= 0.3 is 7.25 Å². The first kappa shape index (κ1) is 5.94. The van der Waals surface area contributed by atoms with Crippen LogP contribution in [0.1, 0.15) is 6.92 Å². The van der Waals surface area contributed by atoms with E-state index in [9.17, 15) is 0 Å². The van der Waals surface area contributed by atoms with Gasteiger partial charge in [-0.3, -0.25) is 0 Å². The maximum Gasteiger partial charge on any atom is 0.549 e. The third-order valence-corrected chi connectivity index (χ3v) is 0.387. The monoisotopic (exact) mass is 89.1 g/mol. The van der Waals surface area contributed by atoms with Crippen molar-refractivity contribution in [3.63, 3.8) is 0 Å². The maximum absolute atomic E-state index is 8.00. The van der Waals surface area contributed by atoms with Gasteiger partial charge in [0.15, 0.2) is 0 Å². The SMILES string of the molecule is CCNB(O)O. The summed E-state index contributed by atoms with van der Waals surface area (Å²) in [5.74, 6) is 0. The van der Waals surface area contributed by atoms with Gasteiger partial charge in [-0.1, -0.05) is 6.92 Å². The quantitative estimate of drug-likeness (QED) is 0.363. The van der Waals surface area contributed by atoms with Crippen molar-refractivity contribution >= 4 is 7.25 Å². The first-order valence-electron chi connectivity index (χ1n) is 1.87. The maximum atomic E-state index is 8.00. The molecule has 4 heteroatoms. The fourth-order valence-corrected chi connectivity index (χ4v) is 0.183. The molecule has 3 N–H and O–H groups in total. The standard InChI is InChI=1S/C2H8BNO2/c1-2-4-3(5)6/h4-6H,2H2,1H3. The van der Waals surface area contributed by atoms with Crippen LogP contribution in [0.2, 0.25) is 0 Å². The molecule has 0 aliphatic heterocycles.